The second-order valence-corrected chi connectivity index (χ2v) is 6.93. The first-order chi connectivity index (χ1) is 13.2. The second-order valence-electron chi connectivity index (χ2n) is 6.93. The van der Waals surface area contributed by atoms with E-state index in [1.165, 1.54) is 12.1 Å². The van der Waals surface area contributed by atoms with E-state index in [0.29, 0.717) is 49.7 Å². The van der Waals surface area contributed by atoms with E-state index in [1.54, 1.807) is 17.0 Å². The topological polar surface area (TPSA) is 68.7 Å². The maximum atomic E-state index is 12.9. The molecule has 0 radical (unpaired) electrons. The second kappa shape index (κ2) is 7.97. The Morgan fingerprint density at radius 1 is 1.14 bits per heavy atom. The molecule has 2 N–H and O–H groups in total. The summed E-state index contributed by atoms with van der Waals surface area (Å²) in [7, 11) is 0. The summed E-state index contributed by atoms with van der Waals surface area (Å²) in [6.45, 7) is 3.49. The molecule has 5 nitrogen and oxygen atoms in total. The summed E-state index contributed by atoms with van der Waals surface area (Å²) in [5, 5.41) is 0. The number of amides is 1. The van der Waals surface area contributed by atoms with Gasteiger partial charge in [-0.3, -0.25) is 4.79 Å². The van der Waals surface area contributed by atoms with Crippen LogP contribution in [0.4, 0.5) is 13.2 Å². The molecule has 1 saturated heterocycles. The average molecular weight is 396 g/mol. The lowest BCUT2D eigenvalue weighted by molar-refractivity contribution is -0.141. The van der Waals surface area contributed by atoms with Gasteiger partial charge >= 0.3 is 6.18 Å². The van der Waals surface area contributed by atoms with Crippen molar-refractivity contribution in [1.82, 2.24) is 4.90 Å². The Hall–Kier alpha value is -2.32. The number of ether oxygens (including phenoxy) is 1. The fraction of sp³-hybridized carbons (Fsp3) is 0.450. The summed E-state index contributed by atoms with van der Waals surface area (Å²) in [4.78, 5) is 14.5. The van der Waals surface area contributed by atoms with Crippen LogP contribution in [-0.2, 0) is 22.3 Å². The minimum atomic E-state index is -4.38. The zero-order valence-electron chi connectivity index (χ0n) is 15.6. The number of hydrogen-bond donors (Lipinski definition) is 1. The molecule has 2 aromatic rings. The molecule has 0 aliphatic carbocycles. The van der Waals surface area contributed by atoms with Crippen molar-refractivity contribution in [2.45, 2.75) is 38.0 Å². The number of halogens is 3. The van der Waals surface area contributed by atoms with Gasteiger partial charge in [0.2, 0.25) is 5.91 Å². The van der Waals surface area contributed by atoms with Gasteiger partial charge in [-0.15, -0.1) is 0 Å². The standard InChI is InChI=1S/C20H23F3N2O3/c1-2-25(18(26)19(24)9-11-27-12-10-19)13-16-7-8-17(28-16)14-3-5-15(6-4-14)20(21,22)23/h3-8H,2,9-13,24H2,1H3. The maximum absolute atomic E-state index is 12.9. The van der Waals surface area contributed by atoms with Gasteiger partial charge in [0.25, 0.3) is 0 Å². The number of carbonyl (C=O) groups excluding carboxylic acids is 1. The molecule has 0 saturated carbocycles. The maximum Gasteiger partial charge on any atom is 0.416 e. The van der Waals surface area contributed by atoms with Crippen molar-refractivity contribution in [3.05, 3.63) is 47.7 Å². The number of furan rings is 1. The number of benzene rings is 1. The summed E-state index contributed by atoms with van der Waals surface area (Å²) in [6, 6.07) is 8.17. The number of nitrogens with two attached hydrogens (primary N) is 1. The number of hydrogen-bond acceptors (Lipinski definition) is 4. The van der Waals surface area contributed by atoms with Gasteiger partial charge in [0.1, 0.15) is 11.5 Å². The normalized spacial score (nSPS) is 16.8. The van der Waals surface area contributed by atoms with Crippen molar-refractivity contribution in [2.24, 2.45) is 5.73 Å². The zero-order valence-corrected chi connectivity index (χ0v) is 15.6. The van der Waals surface area contributed by atoms with Gasteiger partial charge in [0.15, 0.2) is 0 Å². The van der Waals surface area contributed by atoms with Gasteiger partial charge in [-0.05, 0) is 44.0 Å². The molecule has 1 fully saturated rings. The largest absolute Gasteiger partial charge is 0.459 e. The highest BCUT2D eigenvalue weighted by Crippen LogP contribution is 2.31. The molecule has 3 rings (SSSR count). The molecule has 0 atom stereocenters. The third-order valence-electron chi connectivity index (χ3n) is 4.98. The van der Waals surface area contributed by atoms with Gasteiger partial charge in [0.05, 0.1) is 17.6 Å². The molecule has 152 valence electrons. The fourth-order valence-corrected chi connectivity index (χ4v) is 3.22. The van der Waals surface area contributed by atoms with Gasteiger partial charge in [-0.25, -0.2) is 0 Å². The molecule has 0 bridgehead atoms. The van der Waals surface area contributed by atoms with Gasteiger partial charge in [-0.1, -0.05) is 12.1 Å². The Labute approximate surface area is 161 Å². The molecule has 1 amide bonds. The number of rotatable bonds is 5. The van der Waals surface area contributed by atoms with Crippen LogP contribution in [0.15, 0.2) is 40.8 Å². The van der Waals surface area contributed by atoms with E-state index in [4.69, 9.17) is 14.9 Å². The summed E-state index contributed by atoms with van der Waals surface area (Å²) in [5.41, 5.74) is 5.17. The quantitative estimate of drug-likeness (QED) is 0.834. The van der Waals surface area contributed by atoms with Crippen LogP contribution in [0.25, 0.3) is 11.3 Å². The van der Waals surface area contributed by atoms with Crippen molar-refractivity contribution < 1.29 is 27.1 Å². The molecule has 0 unspecified atom stereocenters. The molecular weight excluding hydrogens is 373 g/mol. The van der Waals surface area contributed by atoms with E-state index in [1.807, 2.05) is 6.92 Å². The van der Waals surface area contributed by atoms with Crippen molar-refractivity contribution in [1.29, 1.82) is 0 Å². The van der Waals surface area contributed by atoms with E-state index in [0.717, 1.165) is 12.1 Å². The minimum absolute atomic E-state index is 0.147. The minimum Gasteiger partial charge on any atom is -0.459 e. The third kappa shape index (κ3) is 4.39. The zero-order chi connectivity index (χ0) is 20.4. The molecule has 0 spiro atoms. The Morgan fingerprint density at radius 3 is 2.36 bits per heavy atom. The van der Waals surface area contributed by atoms with Crippen LogP contribution in [0, 0.1) is 0 Å². The lowest BCUT2D eigenvalue weighted by Crippen LogP contribution is -2.57. The molecule has 1 aliphatic heterocycles. The predicted octanol–water partition coefficient (Wildman–Crippen LogP) is 3.82. The summed E-state index contributed by atoms with van der Waals surface area (Å²) >= 11 is 0. The molecule has 1 aromatic heterocycles. The summed E-state index contributed by atoms with van der Waals surface area (Å²) < 4.78 is 49.1. The molecule has 1 aliphatic rings. The van der Waals surface area contributed by atoms with Crippen molar-refractivity contribution >= 4 is 5.91 Å². The smallest absolute Gasteiger partial charge is 0.416 e. The summed E-state index contributed by atoms with van der Waals surface area (Å²) in [6.07, 6.45) is -3.44. The number of nitrogens with zero attached hydrogens (tertiary/aromatic N) is 1. The van der Waals surface area contributed by atoms with E-state index < -0.39 is 17.3 Å². The number of likely N-dealkylation sites (N-methyl/N-ethyl adjacent to an activating group) is 1. The van der Waals surface area contributed by atoms with Crippen LogP contribution in [0.3, 0.4) is 0 Å². The highest BCUT2D eigenvalue weighted by atomic mass is 19.4. The lowest BCUT2D eigenvalue weighted by Gasteiger charge is -2.36. The lowest BCUT2D eigenvalue weighted by atomic mass is 9.89. The average Bonchev–Trinajstić information content (AvgIpc) is 3.14. The number of alkyl halides is 3. The van der Waals surface area contributed by atoms with E-state index in [-0.39, 0.29) is 12.5 Å². The number of carbonyl (C=O) groups is 1. The van der Waals surface area contributed by atoms with Gasteiger partial charge in [0, 0.05) is 25.3 Å². The highest BCUT2D eigenvalue weighted by Gasteiger charge is 2.38. The molecular formula is C20H23F3N2O3. The van der Waals surface area contributed by atoms with Gasteiger partial charge in [-0.2, -0.15) is 13.2 Å². The van der Waals surface area contributed by atoms with E-state index in [2.05, 4.69) is 0 Å². The van der Waals surface area contributed by atoms with Crippen LogP contribution in [-0.4, -0.2) is 36.1 Å². The first-order valence-electron chi connectivity index (χ1n) is 9.15. The molecule has 28 heavy (non-hydrogen) atoms. The highest BCUT2D eigenvalue weighted by molar-refractivity contribution is 5.86. The van der Waals surface area contributed by atoms with E-state index >= 15 is 0 Å². The fourth-order valence-electron chi connectivity index (χ4n) is 3.22. The third-order valence-corrected chi connectivity index (χ3v) is 4.98. The molecule has 1 aromatic carbocycles. The molecule has 8 heteroatoms. The van der Waals surface area contributed by atoms with E-state index in [9.17, 15) is 18.0 Å². The SMILES string of the molecule is CCN(Cc1ccc(-c2ccc(C(F)(F)F)cc2)o1)C(=O)C1(N)CCOCC1. The van der Waals surface area contributed by atoms with Crippen LogP contribution >= 0.6 is 0 Å². The van der Waals surface area contributed by atoms with Crippen LogP contribution in [0.5, 0.6) is 0 Å². The Morgan fingerprint density at radius 2 is 1.79 bits per heavy atom. The Bertz CT molecular complexity index is 809. The van der Waals surface area contributed by atoms with Gasteiger partial charge < -0.3 is 19.8 Å². The first kappa shape index (κ1) is 20.4. The Balaban J connectivity index is 1.71. The van der Waals surface area contributed by atoms with Crippen LogP contribution in [0.1, 0.15) is 31.1 Å². The Kier molecular flexibility index (Phi) is 5.81. The van der Waals surface area contributed by atoms with Crippen molar-refractivity contribution in [3.8, 4) is 11.3 Å². The predicted molar refractivity (Wildman–Crippen MR) is 97.2 cm³/mol. The van der Waals surface area contributed by atoms with Crippen LogP contribution < -0.4 is 5.73 Å². The van der Waals surface area contributed by atoms with Crippen LogP contribution in [0.2, 0.25) is 0 Å². The molecule has 2 heterocycles. The monoisotopic (exact) mass is 396 g/mol. The van der Waals surface area contributed by atoms with Crippen molar-refractivity contribution in [2.75, 3.05) is 19.8 Å². The first-order valence-corrected chi connectivity index (χ1v) is 9.15. The summed E-state index contributed by atoms with van der Waals surface area (Å²) in [5.74, 6) is 0.840. The van der Waals surface area contributed by atoms with Crippen molar-refractivity contribution in [3.63, 3.8) is 0 Å².